The Morgan fingerprint density at radius 3 is 2.53 bits per heavy atom. The maximum Gasteiger partial charge on any atom is 0.345 e. The average molecular weight is 508 g/mol. The molecule has 0 spiro atoms. The van der Waals surface area contributed by atoms with Gasteiger partial charge in [-0.3, -0.25) is 4.79 Å². The predicted molar refractivity (Wildman–Crippen MR) is 146 cm³/mol. The molecule has 2 fully saturated rings. The Kier molecular flexibility index (Phi) is 7.49. The Morgan fingerprint density at radius 2 is 1.83 bits per heavy atom. The van der Waals surface area contributed by atoms with Crippen molar-refractivity contribution in [1.82, 2.24) is 14.4 Å². The Labute approximate surface area is 217 Å². The molecule has 192 valence electrons. The van der Waals surface area contributed by atoms with Crippen molar-refractivity contribution in [2.24, 2.45) is 5.92 Å². The number of carbonyl (C=O) groups is 2. The van der Waals surface area contributed by atoms with Gasteiger partial charge >= 0.3 is 5.97 Å². The first-order valence-electron chi connectivity index (χ1n) is 13.3. The van der Waals surface area contributed by atoms with Crippen molar-refractivity contribution in [2.45, 2.75) is 57.4 Å². The number of amides is 1. The number of likely N-dealkylation sites (N-methyl/N-ethyl adjacent to an activating group) is 1. The maximum atomic E-state index is 13.6. The molecule has 5 rings (SSSR count). The molecule has 1 aromatic carbocycles. The molecule has 1 N–H and O–H groups in total. The van der Waals surface area contributed by atoms with Crippen LogP contribution in [-0.2, 0) is 11.3 Å². The first-order chi connectivity index (χ1) is 17.4. The summed E-state index contributed by atoms with van der Waals surface area (Å²) in [4.78, 5) is 30.1. The fourth-order valence-corrected chi connectivity index (χ4v) is 7.39. The van der Waals surface area contributed by atoms with Crippen LogP contribution in [0.1, 0.15) is 66.1 Å². The maximum absolute atomic E-state index is 13.6. The van der Waals surface area contributed by atoms with E-state index in [1.807, 2.05) is 30.1 Å². The van der Waals surface area contributed by atoms with E-state index in [2.05, 4.69) is 28.6 Å². The Balaban J connectivity index is 1.55. The number of nitrogens with zero attached hydrogens (tertiary/aromatic N) is 3. The van der Waals surface area contributed by atoms with Gasteiger partial charge in [0.1, 0.15) is 11.4 Å². The molecule has 1 unspecified atom stereocenters. The number of benzene rings is 1. The molecule has 36 heavy (non-hydrogen) atoms. The van der Waals surface area contributed by atoms with Gasteiger partial charge in [0.2, 0.25) is 5.91 Å². The zero-order chi connectivity index (χ0) is 25.2. The SMILES string of the molecule is CN1CCCC(CN(C)C(=O)Cn2c(-c3ccccc3)c(C3CCCCC3)c3sc(C(=O)O)cc32)C1. The Hall–Kier alpha value is -2.64. The van der Waals surface area contributed by atoms with Crippen LogP contribution in [0.15, 0.2) is 36.4 Å². The number of carboxylic acid groups (broad SMARTS) is 1. The third kappa shape index (κ3) is 5.09. The van der Waals surface area contributed by atoms with E-state index in [-0.39, 0.29) is 12.5 Å². The number of carboxylic acids is 1. The van der Waals surface area contributed by atoms with Gasteiger partial charge in [-0.05, 0) is 68.3 Å². The van der Waals surface area contributed by atoms with Gasteiger partial charge in [0.15, 0.2) is 0 Å². The third-order valence-electron chi connectivity index (χ3n) is 8.02. The highest BCUT2D eigenvalue weighted by molar-refractivity contribution is 7.21. The van der Waals surface area contributed by atoms with Gasteiger partial charge in [0.25, 0.3) is 0 Å². The van der Waals surface area contributed by atoms with Crippen LogP contribution >= 0.6 is 11.3 Å². The fourth-order valence-electron chi connectivity index (χ4n) is 6.26. The average Bonchev–Trinajstić information content (AvgIpc) is 3.43. The van der Waals surface area contributed by atoms with Gasteiger partial charge in [0.05, 0.1) is 15.9 Å². The van der Waals surface area contributed by atoms with Crippen molar-refractivity contribution in [3.05, 3.63) is 46.8 Å². The largest absolute Gasteiger partial charge is 0.477 e. The number of aromatic carboxylic acids is 1. The number of thiophene rings is 1. The van der Waals surface area contributed by atoms with E-state index in [0.29, 0.717) is 16.7 Å². The Bertz CT molecular complexity index is 1230. The first-order valence-corrected chi connectivity index (χ1v) is 14.1. The van der Waals surface area contributed by atoms with Gasteiger partial charge in [-0.15, -0.1) is 11.3 Å². The van der Waals surface area contributed by atoms with Crippen LogP contribution in [-0.4, -0.2) is 65.1 Å². The monoisotopic (exact) mass is 507 g/mol. The number of hydrogen-bond acceptors (Lipinski definition) is 4. The number of rotatable bonds is 7. The van der Waals surface area contributed by atoms with Crippen LogP contribution in [0.5, 0.6) is 0 Å². The Morgan fingerprint density at radius 1 is 1.08 bits per heavy atom. The van der Waals surface area contributed by atoms with Gasteiger partial charge < -0.3 is 19.5 Å². The van der Waals surface area contributed by atoms with Crippen molar-refractivity contribution >= 4 is 33.4 Å². The van der Waals surface area contributed by atoms with Crippen molar-refractivity contribution in [3.63, 3.8) is 0 Å². The van der Waals surface area contributed by atoms with Gasteiger partial charge in [-0.25, -0.2) is 4.79 Å². The van der Waals surface area contributed by atoms with Crippen molar-refractivity contribution in [3.8, 4) is 11.3 Å². The van der Waals surface area contributed by atoms with E-state index >= 15 is 0 Å². The van der Waals surface area contributed by atoms with Crippen molar-refractivity contribution < 1.29 is 14.7 Å². The van der Waals surface area contributed by atoms with Crippen LogP contribution < -0.4 is 0 Å². The minimum Gasteiger partial charge on any atom is -0.477 e. The summed E-state index contributed by atoms with van der Waals surface area (Å²) in [6, 6.07) is 12.1. The fraction of sp³-hybridized carbons (Fsp3) is 0.517. The second-order valence-electron chi connectivity index (χ2n) is 10.7. The van der Waals surface area contributed by atoms with Crippen LogP contribution in [0.25, 0.3) is 21.5 Å². The van der Waals surface area contributed by atoms with E-state index in [1.54, 1.807) is 6.07 Å². The van der Waals surface area contributed by atoms with E-state index in [9.17, 15) is 14.7 Å². The van der Waals surface area contributed by atoms with E-state index in [4.69, 9.17) is 0 Å². The summed E-state index contributed by atoms with van der Waals surface area (Å²) in [6.07, 6.45) is 8.21. The van der Waals surface area contributed by atoms with E-state index in [1.165, 1.54) is 42.6 Å². The summed E-state index contributed by atoms with van der Waals surface area (Å²) in [5.41, 5.74) is 4.33. The molecule has 3 aromatic rings. The topological polar surface area (TPSA) is 65.8 Å². The number of fused-ring (bicyclic) bond motifs is 1. The molecule has 7 heteroatoms. The molecule has 2 aromatic heterocycles. The summed E-state index contributed by atoms with van der Waals surface area (Å²) in [7, 11) is 4.07. The molecule has 0 bridgehead atoms. The number of piperidine rings is 1. The molecule has 1 saturated heterocycles. The molecule has 3 heterocycles. The van der Waals surface area contributed by atoms with Crippen LogP contribution in [0.3, 0.4) is 0 Å². The molecule has 1 amide bonds. The highest BCUT2D eigenvalue weighted by Gasteiger charge is 2.30. The van der Waals surface area contributed by atoms with Crippen LogP contribution in [0.4, 0.5) is 0 Å². The number of aromatic nitrogens is 1. The van der Waals surface area contributed by atoms with Gasteiger partial charge in [0, 0.05) is 20.1 Å². The summed E-state index contributed by atoms with van der Waals surface area (Å²) < 4.78 is 3.16. The number of carbonyl (C=O) groups excluding carboxylic acids is 1. The summed E-state index contributed by atoms with van der Waals surface area (Å²) >= 11 is 1.37. The molecular formula is C29H37N3O3S. The lowest BCUT2D eigenvalue weighted by molar-refractivity contribution is -0.131. The lowest BCUT2D eigenvalue weighted by atomic mass is 9.83. The molecule has 1 atom stereocenters. The first kappa shape index (κ1) is 25.0. The number of hydrogen-bond donors (Lipinski definition) is 1. The molecule has 1 aliphatic heterocycles. The third-order valence-corrected chi connectivity index (χ3v) is 9.16. The molecule has 1 aliphatic carbocycles. The lowest BCUT2D eigenvalue weighted by Gasteiger charge is -2.32. The molecule has 0 radical (unpaired) electrons. The van der Waals surface area contributed by atoms with Gasteiger partial charge in [-0.1, -0.05) is 49.6 Å². The van der Waals surface area contributed by atoms with Crippen LogP contribution in [0, 0.1) is 5.92 Å². The minimum absolute atomic E-state index is 0.0792. The smallest absolute Gasteiger partial charge is 0.345 e. The highest BCUT2D eigenvalue weighted by Crippen LogP contribution is 2.46. The van der Waals surface area contributed by atoms with Crippen molar-refractivity contribution in [2.75, 3.05) is 33.7 Å². The zero-order valence-electron chi connectivity index (χ0n) is 21.4. The predicted octanol–water partition coefficient (Wildman–Crippen LogP) is 5.92. The quantitative estimate of drug-likeness (QED) is 0.431. The molecule has 1 saturated carbocycles. The summed E-state index contributed by atoms with van der Waals surface area (Å²) in [5.74, 6) is 0.0659. The minimum atomic E-state index is -0.900. The highest BCUT2D eigenvalue weighted by atomic mass is 32.1. The second-order valence-corrected chi connectivity index (χ2v) is 11.8. The molecular weight excluding hydrogens is 470 g/mol. The van der Waals surface area contributed by atoms with E-state index in [0.717, 1.165) is 60.4 Å². The number of likely N-dealkylation sites (tertiary alicyclic amines) is 1. The normalized spacial score (nSPS) is 19.6. The summed E-state index contributed by atoms with van der Waals surface area (Å²) in [5, 5.41) is 9.78. The van der Waals surface area contributed by atoms with Crippen LogP contribution in [0.2, 0.25) is 0 Å². The standard InChI is InChI=1S/C29H37N3O3S/c1-30-15-9-10-20(17-30)18-31(2)25(33)19-32-23-16-24(29(34)35)36-28(23)26(21-11-5-3-6-12-21)27(32)22-13-7-4-8-14-22/h4,7-8,13-14,16,20-21H,3,5-6,9-12,15,17-19H2,1-2H3,(H,34,35). The zero-order valence-corrected chi connectivity index (χ0v) is 22.2. The molecule has 6 nitrogen and oxygen atoms in total. The second kappa shape index (κ2) is 10.8. The van der Waals surface area contributed by atoms with Crippen molar-refractivity contribution in [1.29, 1.82) is 0 Å². The summed E-state index contributed by atoms with van der Waals surface area (Å²) in [6.45, 7) is 3.14. The van der Waals surface area contributed by atoms with Gasteiger partial charge in [-0.2, -0.15) is 0 Å². The lowest BCUT2D eigenvalue weighted by Crippen LogP contribution is -2.40. The molecule has 2 aliphatic rings. The van der Waals surface area contributed by atoms with E-state index < -0.39 is 5.97 Å².